The van der Waals surface area contributed by atoms with Crippen LogP contribution in [0.4, 0.5) is 0 Å². The summed E-state index contributed by atoms with van der Waals surface area (Å²) in [6.07, 6.45) is 9.18. The molecule has 0 spiro atoms. The van der Waals surface area contributed by atoms with Gasteiger partial charge in [0.25, 0.3) is 0 Å². The second kappa shape index (κ2) is 7.44. The number of benzene rings is 1. The minimum atomic E-state index is 0.254. The lowest BCUT2D eigenvalue weighted by Crippen LogP contribution is -2.25. The van der Waals surface area contributed by atoms with Crippen molar-refractivity contribution < 1.29 is 9.47 Å². The standard InChI is InChI=1S/C18H23N3O2/c1-22-15-12-16(18-19-9-10-20-18)21(13-15)11-5-7-14-6-3-4-8-17(14)23-2/h3-10,15-16H,11-13H2,1-2H3,(H,19,20)/b7-5+/t15-,16?/m1/s1. The van der Waals surface area contributed by atoms with E-state index >= 15 is 0 Å². The zero-order valence-electron chi connectivity index (χ0n) is 13.6. The summed E-state index contributed by atoms with van der Waals surface area (Å²) in [6, 6.07) is 8.30. The topological polar surface area (TPSA) is 50.4 Å². The van der Waals surface area contributed by atoms with Crippen LogP contribution in [0, 0.1) is 0 Å². The number of nitrogens with zero attached hydrogens (tertiary/aromatic N) is 2. The molecule has 5 heteroatoms. The van der Waals surface area contributed by atoms with Gasteiger partial charge in [0.15, 0.2) is 0 Å². The number of imidazole rings is 1. The zero-order chi connectivity index (χ0) is 16.1. The molecule has 1 N–H and O–H groups in total. The fourth-order valence-corrected chi connectivity index (χ4v) is 3.10. The Labute approximate surface area is 136 Å². The van der Waals surface area contributed by atoms with Crippen LogP contribution in [-0.4, -0.2) is 48.3 Å². The first-order chi connectivity index (χ1) is 11.3. The molecule has 1 aromatic carbocycles. The monoisotopic (exact) mass is 313 g/mol. The number of para-hydroxylation sites is 1. The highest BCUT2D eigenvalue weighted by Gasteiger charge is 2.33. The highest BCUT2D eigenvalue weighted by Crippen LogP contribution is 2.31. The molecular weight excluding hydrogens is 290 g/mol. The average Bonchev–Trinajstić information content (AvgIpc) is 3.24. The van der Waals surface area contributed by atoms with Crippen molar-refractivity contribution in [2.45, 2.75) is 18.6 Å². The molecule has 2 atom stereocenters. The second-order valence-corrected chi connectivity index (χ2v) is 5.68. The summed E-state index contributed by atoms with van der Waals surface area (Å²) < 4.78 is 10.9. The summed E-state index contributed by atoms with van der Waals surface area (Å²) in [5.41, 5.74) is 1.09. The third-order valence-electron chi connectivity index (χ3n) is 4.31. The maximum absolute atomic E-state index is 5.54. The van der Waals surface area contributed by atoms with E-state index in [9.17, 15) is 0 Å². The quantitative estimate of drug-likeness (QED) is 0.891. The van der Waals surface area contributed by atoms with E-state index < -0.39 is 0 Å². The lowest BCUT2D eigenvalue weighted by Gasteiger charge is -2.20. The van der Waals surface area contributed by atoms with Gasteiger partial charge in [-0.25, -0.2) is 4.98 Å². The Hall–Kier alpha value is -2.11. The SMILES string of the molecule is COc1ccccc1/C=C/CN1C[C@H](OC)CC1c1ncc[nH]1. The largest absolute Gasteiger partial charge is 0.496 e. The average molecular weight is 313 g/mol. The summed E-state index contributed by atoms with van der Waals surface area (Å²) in [6.45, 7) is 1.77. The molecule has 1 aliphatic heterocycles. The summed E-state index contributed by atoms with van der Waals surface area (Å²) in [5, 5.41) is 0. The van der Waals surface area contributed by atoms with Crippen molar-refractivity contribution in [3.63, 3.8) is 0 Å². The lowest BCUT2D eigenvalue weighted by atomic mass is 10.1. The first-order valence-electron chi connectivity index (χ1n) is 7.87. The normalized spacial score (nSPS) is 22.0. The third kappa shape index (κ3) is 3.63. The number of aromatic amines is 1. The Morgan fingerprint density at radius 1 is 1.35 bits per heavy atom. The maximum Gasteiger partial charge on any atom is 0.126 e. The molecule has 122 valence electrons. The summed E-state index contributed by atoms with van der Waals surface area (Å²) in [4.78, 5) is 10.0. The minimum absolute atomic E-state index is 0.254. The smallest absolute Gasteiger partial charge is 0.126 e. The van der Waals surface area contributed by atoms with Gasteiger partial charge in [-0.1, -0.05) is 30.4 Å². The fraction of sp³-hybridized carbons (Fsp3) is 0.389. The van der Waals surface area contributed by atoms with Crippen molar-refractivity contribution in [2.24, 2.45) is 0 Å². The van der Waals surface area contributed by atoms with Crippen LogP contribution < -0.4 is 4.74 Å². The van der Waals surface area contributed by atoms with Gasteiger partial charge in [0.2, 0.25) is 0 Å². The highest BCUT2D eigenvalue weighted by molar-refractivity contribution is 5.57. The van der Waals surface area contributed by atoms with Crippen molar-refractivity contribution in [2.75, 3.05) is 27.3 Å². The lowest BCUT2D eigenvalue weighted by molar-refractivity contribution is 0.109. The van der Waals surface area contributed by atoms with Gasteiger partial charge in [0.1, 0.15) is 11.6 Å². The predicted octanol–water partition coefficient (Wildman–Crippen LogP) is 2.89. The Morgan fingerprint density at radius 3 is 2.96 bits per heavy atom. The van der Waals surface area contributed by atoms with Gasteiger partial charge in [0, 0.05) is 38.2 Å². The van der Waals surface area contributed by atoms with Crippen molar-refractivity contribution in [1.82, 2.24) is 14.9 Å². The van der Waals surface area contributed by atoms with Gasteiger partial charge in [-0.05, 0) is 12.5 Å². The van der Waals surface area contributed by atoms with Crippen LogP contribution in [-0.2, 0) is 4.74 Å². The Bertz CT molecular complexity index is 639. The van der Waals surface area contributed by atoms with Gasteiger partial charge < -0.3 is 14.5 Å². The molecule has 1 fully saturated rings. The van der Waals surface area contributed by atoms with Gasteiger partial charge in [-0.3, -0.25) is 4.90 Å². The van der Waals surface area contributed by atoms with Crippen LogP contribution in [0.2, 0.25) is 0 Å². The molecule has 1 aliphatic rings. The molecule has 0 bridgehead atoms. The number of hydrogen-bond donors (Lipinski definition) is 1. The number of aromatic nitrogens is 2. The van der Waals surface area contributed by atoms with Crippen LogP contribution in [0.25, 0.3) is 6.08 Å². The van der Waals surface area contributed by atoms with Crippen molar-refractivity contribution in [3.05, 3.63) is 54.1 Å². The number of likely N-dealkylation sites (tertiary alicyclic amines) is 1. The Balaban J connectivity index is 1.69. The molecule has 0 radical (unpaired) electrons. The molecule has 1 saturated heterocycles. The molecule has 2 heterocycles. The molecule has 0 amide bonds. The van der Waals surface area contributed by atoms with Crippen LogP contribution >= 0.6 is 0 Å². The van der Waals surface area contributed by atoms with Crippen molar-refractivity contribution in [1.29, 1.82) is 0 Å². The van der Waals surface area contributed by atoms with E-state index in [0.717, 1.165) is 36.6 Å². The molecular formula is C18H23N3O2. The van der Waals surface area contributed by atoms with Crippen LogP contribution in [0.15, 0.2) is 42.7 Å². The molecule has 0 aliphatic carbocycles. The molecule has 1 aromatic heterocycles. The minimum Gasteiger partial charge on any atom is -0.496 e. The van der Waals surface area contributed by atoms with Gasteiger partial charge in [-0.2, -0.15) is 0 Å². The van der Waals surface area contributed by atoms with E-state index in [4.69, 9.17) is 9.47 Å². The van der Waals surface area contributed by atoms with Gasteiger partial charge in [0.05, 0.1) is 19.3 Å². The number of nitrogens with one attached hydrogen (secondary N) is 1. The van der Waals surface area contributed by atoms with E-state index in [0.29, 0.717) is 0 Å². The van der Waals surface area contributed by atoms with Crippen LogP contribution in [0.3, 0.4) is 0 Å². The molecule has 5 nitrogen and oxygen atoms in total. The van der Waals surface area contributed by atoms with Crippen molar-refractivity contribution >= 4 is 6.08 Å². The summed E-state index contributed by atoms with van der Waals surface area (Å²) in [5.74, 6) is 1.90. The van der Waals surface area contributed by atoms with Crippen LogP contribution in [0.5, 0.6) is 5.75 Å². The molecule has 3 rings (SSSR count). The van der Waals surface area contributed by atoms with E-state index in [-0.39, 0.29) is 12.1 Å². The Morgan fingerprint density at radius 2 is 2.22 bits per heavy atom. The van der Waals surface area contributed by atoms with Crippen LogP contribution in [0.1, 0.15) is 23.9 Å². The number of methoxy groups -OCH3 is 2. The highest BCUT2D eigenvalue weighted by atomic mass is 16.5. The third-order valence-corrected chi connectivity index (χ3v) is 4.31. The maximum atomic E-state index is 5.54. The van der Waals surface area contributed by atoms with Crippen molar-refractivity contribution in [3.8, 4) is 5.75 Å². The molecule has 2 aromatic rings. The Kier molecular flexibility index (Phi) is 5.10. The number of hydrogen-bond acceptors (Lipinski definition) is 4. The van der Waals surface area contributed by atoms with Gasteiger partial charge >= 0.3 is 0 Å². The van der Waals surface area contributed by atoms with E-state index in [2.05, 4.69) is 33.1 Å². The predicted molar refractivity (Wildman–Crippen MR) is 90.3 cm³/mol. The number of rotatable bonds is 6. The number of H-pyrrole nitrogens is 1. The van der Waals surface area contributed by atoms with E-state index in [1.54, 1.807) is 20.4 Å². The fourth-order valence-electron chi connectivity index (χ4n) is 3.10. The van der Waals surface area contributed by atoms with Gasteiger partial charge in [-0.15, -0.1) is 0 Å². The summed E-state index contributed by atoms with van der Waals surface area (Å²) in [7, 11) is 3.47. The molecule has 23 heavy (non-hydrogen) atoms. The first-order valence-corrected chi connectivity index (χ1v) is 7.87. The second-order valence-electron chi connectivity index (χ2n) is 5.68. The zero-order valence-corrected chi connectivity index (χ0v) is 13.6. The first kappa shape index (κ1) is 15.8. The number of ether oxygens (including phenoxy) is 2. The van der Waals surface area contributed by atoms with E-state index in [1.165, 1.54) is 0 Å². The molecule has 1 unspecified atom stereocenters. The summed E-state index contributed by atoms with van der Waals surface area (Å²) >= 11 is 0. The van der Waals surface area contributed by atoms with E-state index in [1.807, 2.05) is 24.4 Å². The molecule has 0 saturated carbocycles.